The van der Waals surface area contributed by atoms with Crippen LogP contribution in [0.3, 0.4) is 0 Å². The summed E-state index contributed by atoms with van der Waals surface area (Å²) in [5.74, 6) is 0. The van der Waals surface area contributed by atoms with Gasteiger partial charge in [0.25, 0.3) is 0 Å². The highest BCUT2D eigenvalue weighted by Crippen LogP contribution is 2.23. The minimum absolute atomic E-state index is 0.185. The second-order valence-electron chi connectivity index (χ2n) is 3.64. The molecule has 6 nitrogen and oxygen atoms in total. The number of nitrogens with one attached hydrogen (secondary N) is 1. The van der Waals surface area contributed by atoms with Crippen LogP contribution in [0.15, 0.2) is 24.3 Å². The van der Waals surface area contributed by atoms with Gasteiger partial charge in [0.1, 0.15) is 11.3 Å². The predicted octanol–water partition coefficient (Wildman–Crippen LogP) is 1.74. The van der Waals surface area contributed by atoms with Crippen LogP contribution >= 0.6 is 15.9 Å². The van der Waals surface area contributed by atoms with Crippen molar-refractivity contribution < 1.29 is 17.9 Å². The van der Waals surface area contributed by atoms with Crippen LogP contribution in [0.5, 0.6) is 0 Å². The number of hydrogen-bond donors (Lipinski definition) is 1. The summed E-state index contributed by atoms with van der Waals surface area (Å²) in [6.07, 6.45) is -0.421. The zero-order chi connectivity index (χ0) is 13.2. The van der Waals surface area contributed by atoms with Gasteiger partial charge in [0, 0.05) is 5.69 Å². The minimum Gasteiger partial charge on any atom is -0.447 e. The number of alkyl halides is 1. The molecule has 0 saturated carbocycles. The van der Waals surface area contributed by atoms with Crippen molar-refractivity contribution in [2.24, 2.45) is 0 Å². The maximum absolute atomic E-state index is 11.4. The number of benzene rings is 1. The van der Waals surface area contributed by atoms with Crippen LogP contribution in [0.25, 0.3) is 0 Å². The molecule has 98 valence electrons. The fraction of sp³-hybridized carbons (Fsp3) is 0.300. The van der Waals surface area contributed by atoms with Crippen LogP contribution in [0, 0.1) is 0 Å². The first-order valence-electron chi connectivity index (χ1n) is 5.13. The Morgan fingerprint density at radius 3 is 2.83 bits per heavy atom. The lowest BCUT2D eigenvalue weighted by molar-refractivity contribution is 0.181. The summed E-state index contributed by atoms with van der Waals surface area (Å²) in [6.45, 7) is 0.809. The summed E-state index contributed by atoms with van der Waals surface area (Å²) in [5.41, 5.74) is 1.01. The molecule has 1 aromatic rings. The van der Waals surface area contributed by atoms with Gasteiger partial charge in [0.05, 0.1) is 12.2 Å². The molecule has 0 unspecified atom stereocenters. The third-order valence-corrected chi connectivity index (χ3v) is 4.98. The normalized spacial score (nSPS) is 15.6. The number of anilines is 2. The van der Waals surface area contributed by atoms with Gasteiger partial charge >= 0.3 is 6.09 Å². The predicted molar refractivity (Wildman–Crippen MR) is 71.5 cm³/mol. The second kappa shape index (κ2) is 5.15. The molecule has 2 rings (SSSR count). The number of halogens is 1. The maximum atomic E-state index is 11.4. The highest BCUT2D eigenvalue weighted by Gasteiger charge is 2.23. The highest BCUT2D eigenvalue weighted by atomic mass is 79.9. The van der Waals surface area contributed by atoms with E-state index >= 15 is 0 Å². The SMILES string of the molecule is O=C1OCCN1c1cccc(NS(=O)(=O)CBr)c1. The molecule has 18 heavy (non-hydrogen) atoms. The van der Waals surface area contributed by atoms with Crippen molar-refractivity contribution in [2.75, 3.05) is 27.4 Å². The van der Waals surface area contributed by atoms with Crippen LogP contribution in [0.2, 0.25) is 0 Å². The Hall–Kier alpha value is -1.28. The first kappa shape index (κ1) is 13.2. The van der Waals surface area contributed by atoms with Crippen molar-refractivity contribution in [2.45, 2.75) is 0 Å². The van der Waals surface area contributed by atoms with Gasteiger partial charge in [-0.25, -0.2) is 13.2 Å². The third kappa shape index (κ3) is 2.94. The molecule has 8 heteroatoms. The van der Waals surface area contributed by atoms with E-state index in [1.165, 1.54) is 4.90 Å². The average molecular weight is 335 g/mol. The molecule has 1 N–H and O–H groups in total. The number of hydrogen-bond acceptors (Lipinski definition) is 4. The van der Waals surface area contributed by atoms with Crippen LogP contribution in [-0.4, -0.2) is 32.3 Å². The van der Waals surface area contributed by atoms with Crippen molar-refractivity contribution in [1.82, 2.24) is 0 Å². The van der Waals surface area contributed by atoms with E-state index in [0.29, 0.717) is 24.5 Å². The fourth-order valence-corrected chi connectivity index (χ4v) is 2.46. The summed E-state index contributed by atoms with van der Waals surface area (Å²) in [5, 5.41) is 0. The van der Waals surface area contributed by atoms with Gasteiger partial charge in [0.15, 0.2) is 0 Å². The topological polar surface area (TPSA) is 75.7 Å². The van der Waals surface area contributed by atoms with E-state index in [0.717, 1.165) is 0 Å². The Morgan fingerprint density at radius 1 is 1.44 bits per heavy atom. The van der Waals surface area contributed by atoms with Crippen LogP contribution in [0.1, 0.15) is 0 Å². The van der Waals surface area contributed by atoms with Crippen molar-refractivity contribution in [3.05, 3.63) is 24.3 Å². The molecular weight excluding hydrogens is 324 g/mol. The Morgan fingerprint density at radius 2 is 2.22 bits per heavy atom. The van der Waals surface area contributed by atoms with Gasteiger partial charge < -0.3 is 4.74 Å². The monoisotopic (exact) mass is 334 g/mol. The van der Waals surface area contributed by atoms with E-state index < -0.39 is 16.1 Å². The molecule has 1 saturated heterocycles. The van der Waals surface area contributed by atoms with Crippen molar-refractivity contribution >= 4 is 43.4 Å². The van der Waals surface area contributed by atoms with Gasteiger partial charge in [-0.15, -0.1) is 0 Å². The number of ether oxygens (including phenoxy) is 1. The lowest BCUT2D eigenvalue weighted by atomic mass is 10.2. The van der Waals surface area contributed by atoms with Crippen LogP contribution in [-0.2, 0) is 14.8 Å². The van der Waals surface area contributed by atoms with E-state index in [2.05, 4.69) is 20.7 Å². The second-order valence-corrected chi connectivity index (χ2v) is 6.67. The molecule has 0 spiro atoms. The Bertz CT molecular complexity index is 561. The van der Waals surface area contributed by atoms with Gasteiger partial charge in [-0.2, -0.15) is 0 Å². The molecule has 1 aliphatic rings. The number of carbonyl (C=O) groups is 1. The smallest absolute Gasteiger partial charge is 0.414 e. The zero-order valence-corrected chi connectivity index (χ0v) is 11.7. The van der Waals surface area contributed by atoms with E-state index in [9.17, 15) is 13.2 Å². The van der Waals surface area contributed by atoms with Crippen molar-refractivity contribution in [3.8, 4) is 0 Å². The van der Waals surface area contributed by atoms with Crippen LogP contribution < -0.4 is 9.62 Å². The summed E-state index contributed by atoms with van der Waals surface area (Å²) < 4.78 is 29.8. The highest BCUT2D eigenvalue weighted by molar-refractivity contribution is 9.10. The van der Waals surface area contributed by atoms with Gasteiger partial charge in [-0.3, -0.25) is 9.62 Å². The quantitative estimate of drug-likeness (QED) is 0.851. The molecule has 0 bridgehead atoms. The Labute approximate surface area is 113 Å². The summed E-state index contributed by atoms with van der Waals surface area (Å²) in [6, 6.07) is 6.60. The molecule has 0 aromatic heterocycles. The number of cyclic esters (lactones) is 1. The van der Waals surface area contributed by atoms with Crippen LogP contribution in [0.4, 0.5) is 16.2 Å². The maximum Gasteiger partial charge on any atom is 0.414 e. The standard InChI is InChI=1S/C10H11BrN2O4S/c11-7-18(15,16)12-8-2-1-3-9(6-8)13-4-5-17-10(13)14/h1-3,6,12H,4-5,7H2. The summed E-state index contributed by atoms with van der Waals surface area (Å²) >= 11 is 2.89. The van der Waals surface area contributed by atoms with Crippen molar-refractivity contribution in [1.29, 1.82) is 0 Å². The molecule has 0 atom stereocenters. The third-order valence-electron chi connectivity index (χ3n) is 2.34. The van der Waals surface area contributed by atoms with Gasteiger partial charge in [-0.1, -0.05) is 22.0 Å². The molecule has 1 fully saturated rings. The number of sulfonamides is 1. The van der Waals surface area contributed by atoms with Crippen molar-refractivity contribution in [3.63, 3.8) is 0 Å². The molecular formula is C10H11BrN2O4S. The molecule has 1 aliphatic heterocycles. The summed E-state index contributed by atoms with van der Waals surface area (Å²) in [7, 11) is -3.39. The van der Waals surface area contributed by atoms with Gasteiger partial charge in [-0.05, 0) is 18.2 Å². The number of rotatable bonds is 4. The number of nitrogens with zero attached hydrogens (tertiary/aromatic N) is 1. The molecule has 0 radical (unpaired) electrons. The van der Waals surface area contributed by atoms with E-state index in [1.807, 2.05) is 0 Å². The Kier molecular flexibility index (Phi) is 3.76. The number of amides is 1. The molecule has 1 amide bonds. The van der Waals surface area contributed by atoms with E-state index in [1.54, 1.807) is 24.3 Å². The van der Waals surface area contributed by atoms with E-state index in [4.69, 9.17) is 4.74 Å². The Balaban J connectivity index is 2.22. The zero-order valence-electron chi connectivity index (χ0n) is 9.30. The first-order chi connectivity index (χ1) is 8.52. The minimum atomic E-state index is -3.39. The number of carbonyl (C=O) groups excluding carboxylic acids is 1. The first-order valence-corrected chi connectivity index (χ1v) is 7.90. The molecule has 1 aromatic carbocycles. The molecule has 0 aliphatic carbocycles. The fourth-order valence-electron chi connectivity index (χ4n) is 1.57. The lowest BCUT2D eigenvalue weighted by Gasteiger charge is -2.14. The van der Waals surface area contributed by atoms with E-state index in [-0.39, 0.29) is 4.66 Å². The lowest BCUT2D eigenvalue weighted by Crippen LogP contribution is -2.23. The largest absolute Gasteiger partial charge is 0.447 e. The molecule has 1 heterocycles. The average Bonchev–Trinajstić information content (AvgIpc) is 2.75. The summed E-state index contributed by atoms with van der Waals surface area (Å²) in [4.78, 5) is 12.8. The van der Waals surface area contributed by atoms with Gasteiger partial charge in [0.2, 0.25) is 10.0 Å².